The third kappa shape index (κ3) is 3.63. The molecule has 1 heterocycles. The Morgan fingerprint density at radius 3 is 2.52 bits per heavy atom. The third-order valence-corrected chi connectivity index (χ3v) is 4.24. The van der Waals surface area contributed by atoms with Gasteiger partial charge in [0.25, 0.3) is 11.1 Å². The van der Waals surface area contributed by atoms with Crippen molar-refractivity contribution in [1.82, 2.24) is 5.32 Å². The normalized spacial score (nSPS) is 15.8. The van der Waals surface area contributed by atoms with Crippen LogP contribution in [-0.2, 0) is 4.79 Å². The van der Waals surface area contributed by atoms with E-state index in [1.165, 1.54) is 0 Å². The molecular formula is C18H16N2O2S. The minimum atomic E-state index is -0.331. The molecule has 0 aliphatic carbocycles. The Hall–Kier alpha value is -2.53. The van der Waals surface area contributed by atoms with E-state index in [1.807, 2.05) is 36.4 Å². The highest BCUT2D eigenvalue weighted by molar-refractivity contribution is 8.18. The summed E-state index contributed by atoms with van der Waals surface area (Å²) in [6, 6.07) is 16.1. The molecule has 0 aromatic heterocycles. The summed E-state index contributed by atoms with van der Waals surface area (Å²) in [6.07, 6.45) is 1.73. The third-order valence-electron chi connectivity index (χ3n) is 3.43. The van der Waals surface area contributed by atoms with Crippen LogP contribution in [0.25, 0.3) is 17.2 Å². The van der Waals surface area contributed by atoms with Crippen molar-refractivity contribution in [2.75, 3.05) is 11.9 Å². The van der Waals surface area contributed by atoms with Crippen molar-refractivity contribution in [2.45, 2.75) is 6.92 Å². The van der Waals surface area contributed by atoms with Gasteiger partial charge in [-0.3, -0.25) is 14.9 Å². The highest BCUT2D eigenvalue weighted by atomic mass is 32.2. The summed E-state index contributed by atoms with van der Waals surface area (Å²) in [5.74, 6) is -0.331. The number of anilines is 1. The van der Waals surface area contributed by atoms with Crippen LogP contribution in [0.3, 0.4) is 0 Å². The van der Waals surface area contributed by atoms with Crippen LogP contribution in [0.5, 0.6) is 0 Å². The minimum Gasteiger partial charge on any atom is -0.385 e. The SMILES string of the molecule is CCNc1cccc(-c2ccc(C=C3SC(=O)NC3=O)cc2)c1. The largest absolute Gasteiger partial charge is 0.385 e. The second kappa shape index (κ2) is 6.71. The van der Waals surface area contributed by atoms with Crippen LogP contribution in [0.4, 0.5) is 10.5 Å². The number of rotatable bonds is 4. The average molecular weight is 324 g/mol. The number of carbonyl (C=O) groups excluding carboxylic acids is 2. The van der Waals surface area contributed by atoms with Crippen LogP contribution in [-0.4, -0.2) is 17.7 Å². The van der Waals surface area contributed by atoms with E-state index in [2.05, 4.69) is 29.7 Å². The van der Waals surface area contributed by atoms with Gasteiger partial charge in [0.2, 0.25) is 0 Å². The van der Waals surface area contributed by atoms with E-state index >= 15 is 0 Å². The monoisotopic (exact) mass is 324 g/mol. The number of carbonyl (C=O) groups is 2. The molecule has 2 aromatic carbocycles. The van der Waals surface area contributed by atoms with Crippen LogP contribution in [0.15, 0.2) is 53.4 Å². The predicted molar refractivity (Wildman–Crippen MR) is 95.1 cm³/mol. The maximum atomic E-state index is 11.5. The molecule has 0 bridgehead atoms. The van der Waals surface area contributed by atoms with E-state index in [9.17, 15) is 9.59 Å². The molecule has 116 valence electrons. The Labute approximate surface area is 139 Å². The molecule has 0 radical (unpaired) electrons. The van der Waals surface area contributed by atoms with E-state index in [4.69, 9.17) is 0 Å². The molecule has 1 saturated heterocycles. The van der Waals surface area contributed by atoms with E-state index in [0.717, 1.165) is 40.7 Å². The molecule has 3 rings (SSSR count). The Morgan fingerprint density at radius 2 is 1.87 bits per heavy atom. The van der Waals surface area contributed by atoms with E-state index in [-0.39, 0.29) is 11.1 Å². The van der Waals surface area contributed by atoms with Crippen LogP contribution in [0.1, 0.15) is 12.5 Å². The Bertz CT molecular complexity index is 782. The summed E-state index contributed by atoms with van der Waals surface area (Å²) in [4.78, 5) is 23.1. The van der Waals surface area contributed by atoms with Crippen molar-refractivity contribution in [3.63, 3.8) is 0 Å². The molecule has 0 unspecified atom stereocenters. The average Bonchev–Trinajstić information content (AvgIpc) is 2.86. The maximum Gasteiger partial charge on any atom is 0.290 e. The van der Waals surface area contributed by atoms with Gasteiger partial charge < -0.3 is 5.32 Å². The van der Waals surface area contributed by atoms with Gasteiger partial charge in [-0.25, -0.2) is 0 Å². The van der Waals surface area contributed by atoms with Crippen molar-refractivity contribution in [1.29, 1.82) is 0 Å². The summed E-state index contributed by atoms with van der Waals surface area (Å²) in [5.41, 5.74) is 4.22. The Balaban J connectivity index is 1.82. The quantitative estimate of drug-likeness (QED) is 0.831. The number of amides is 2. The smallest absolute Gasteiger partial charge is 0.290 e. The highest BCUT2D eigenvalue weighted by Crippen LogP contribution is 2.27. The van der Waals surface area contributed by atoms with E-state index in [1.54, 1.807) is 6.08 Å². The van der Waals surface area contributed by atoms with Gasteiger partial charge in [0.1, 0.15) is 0 Å². The highest BCUT2D eigenvalue weighted by Gasteiger charge is 2.24. The topological polar surface area (TPSA) is 58.2 Å². The zero-order valence-electron chi connectivity index (χ0n) is 12.6. The van der Waals surface area contributed by atoms with Gasteiger partial charge in [-0.2, -0.15) is 0 Å². The second-order valence-electron chi connectivity index (χ2n) is 5.09. The molecule has 5 heteroatoms. The van der Waals surface area contributed by atoms with Gasteiger partial charge in [-0.15, -0.1) is 0 Å². The van der Waals surface area contributed by atoms with Crippen molar-refractivity contribution in [2.24, 2.45) is 0 Å². The standard InChI is InChI=1S/C18H16N2O2S/c1-2-19-15-5-3-4-14(11-15)13-8-6-12(7-9-13)10-16-17(21)20-18(22)23-16/h3-11,19H,2H2,1H3,(H,20,21,22). The molecule has 23 heavy (non-hydrogen) atoms. The lowest BCUT2D eigenvalue weighted by molar-refractivity contribution is -0.115. The van der Waals surface area contributed by atoms with Crippen molar-refractivity contribution < 1.29 is 9.59 Å². The van der Waals surface area contributed by atoms with Gasteiger partial charge in [0.15, 0.2) is 0 Å². The number of nitrogens with one attached hydrogen (secondary N) is 2. The molecule has 2 aromatic rings. The van der Waals surface area contributed by atoms with E-state index < -0.39 is 0 Å². The number of hydrogen-bond acceptors (Lipinski definition) is 4. The Kier molecular flexibility index (Phi) is 4.48. The summed E-state index contributed by atoms with van der Waals surface area (Å²) in [7, 11) is 0. The van der Waals surface area contributed by atoms with Gasteiger partial charge >= 0.3 is 0 Å². The summed E-state index contributed by atoms with van der Waals surface area (Å²) >= 11 is 0.930. The van der Waals surface area contributed by atoms with Crippen LogP contribution < -0.4 is 10.6 Å². The summed E-state index contributed by atoms with van der Waals surface area (Å²) < 4.78 is 0. The molecule has 1 fully saturated rings. The second-order valence-corrected chi connectivity index (χ2v) is 6.10. The fourth-order valence-corrected chi connectivity index (χ4v) is 3.04. The predicted octanol–water partition coefficient (Wildman–Crippen LogP) is 4.11. The molecule has 1 aliphatic rings. The number of imide groups is 1. The van der Waals surface area contributed by atoms with Gasteiger partial charge in [0, 0.05) is 12.2 Å². The lowest BCUT2D eigenvalue weighted by atomic mass is 10.0. The summed E-state index contributed by atoms with van der Waals surface area (Å²) in [5, 5.41) is 5.23. The van der Waals surface area contributed by atoms with Crippen molar-refractivity contribution in [3.8, 4) is 11.1 Å². The van der Waals surface area contributed by atoms with Crippen molar-refractivity contribution >= 4 is 34.7 Å². The van der Waals surface area contributed by atoms with Crippen molar-refractivity contribution in [3.05, 3.63) is 59.0 Å². The first kappa shape index (κ1) is 15.4. The zero-order valence-corrected chi connectivity index (χ0v) is 13.4. The molecule has 0 spiro atoms. The van der Waals surface area contributed by atoms with Crippen LogP contribution >= 0.6 is 11.8 Å². The first-order chi connectivity index (χ1) is 11.2. The first-order valence-electron chi connectivity index (χ1n) is 7.35. The number of thioether (sulfide) groups is 1. The lowest BCUT2D eigenvalue weighted by Gasteiger charge is -2.07. The molecule has 2 amide bonds. The number of hydrogen-bond donors (Lipinski definition) is 2. The Morgan fingerprint density at radius 1 is 1.09 bits per heavy atom. The molecule has 2 N–H and O–H groups in total. The first-order valence-corrected chi connectivity index (χ1v) is 8.16. The number of benzene rings is 2. The summed E-state index contributed by atoms with van der Waals surface area (Å²) in [6.45, 7) is 2.95. The maximum absolute atomic E-state index is 11.5. The lowest BCUT2D eigenvalue weighted by Crippen LogP contribution is -2.17. The van der Waals surface area contributed by atoms with Gasteiger partial charge in [-0.05, 0) is 53.6 Å². The van der Waals surface area contributed by atoms with Gasteiger partial charge in [0.05, 0.1) is 4.91 Å². The molecule has 0 saturated carbocycles. The minimum absolute atomic E-state index is 0.321. The molecular weight excluding hydrogens is 308 g/mol. The van der Waals surface area contributed by atoms with Gasteiger partial charge in [-0.1, -0.05) is 36.4 Å². The fourth-order valence-electron chi connectivity index (χ4n) is 2.36. The molecule has 0 atom stereocenters. The van der Waals surface area contributed by atoms with Crippen LogP contribution in [0.2, 0.25) is 0 Å². The fraction of sp³-hybridized carbons (Fsp3) is 0.111. The van der Waals surface area contributed by atoms with Crippen LogP contribution in [0, 0.1) is 0 Å². The zero-order chi connectivity index (χ0) is 16.2. The molecule has 4 nitrogen and oxygen atoms in total. The van der Waals surface area contributed by atoms with E-state index in [0.29, 0.717) is 4.91 Å². The molecule has 1 aliphatic heterocycles.